The van der Waals surface area contributed by atoms with Crippen LogP contribution in [0.1, 0.15) is 0 Å². The molecule has 44 heavy (non-hydrogen) atoms. The molecular formula is C36H24N2O5S. The molecule has 214 valence electrons. The first kappa shape index (κ1) is 27.1. The summed E-state index contributed by atoms with van der Waals surface area (Å²) in [7, 11) is 0. The molecule has 6 aromatic carbocycles. The summed E-state index contributed by atoms with van der Waals surface area (Å²) < 4.78 is 0. The average Bonchev–Trinajstić information content (AvgIpc) is 3.44. The van der Waals surface area contributed by atoms with Crippen LogP contribution in [0.25, 0.3) is 43.1 Å². The number of phenolic OH excluding ortho intramolecular Hbond substituents is 1. The summed E-state index contributed by atoms with van der Waals surface area (Å²) in [6.45, 7) is 0. The first-order chi connectivity index (χ1) is 21.5. The third kappa shape index (κ3) is 4.31. The van der Waals surface area contributed by atoms with Gasteiger partial charge in [-0.3, -0.25) is 0 Å². The van der Waals surface area contributed by atoms with Gasteiger partial charge in [-0.1, -0.05) is 121 Å². The Hall–Kier alpha value is -5.73. The molecule has 1 aliphatic heterocycles. The standard InChI is InChI=1S/C36H24N2O5S/c39-33-28-18-9-5-14-24(28)22-12-3-7-16-26(22)31(33)37(35(40)41)21-11-1-2-20-30-38(36(42)43)32-27-17-8-4-13-23(27)25-15-6-10-19-29(25)34(32)44-30/h1-21,39H,(H,40,41)(H,42,43)/b2-1+,21-11+,30-20+. The number of rotatable bonds is 4. The summed E-state index contributed by atoms with van der Waals surface area (Å²) in [4.78, 5) is 28.1. The highest BCUT2D eigenvalue weighted by molar-refractivity contribution is 8.04. The van der Waals surface area contributed by atoms with Crippen molar-refractivity contribution >= 4 is 78.4 Å². The molecular weight excluding hydrogens is 572 g/mol. The lowest BCUT2D eigenvalue weighted by atomic mass is 9.98. The summed E-state index contributed by atoms with van der Waals surface area (Å²) in [6.07, 6.45) is 5.54. The van der Waals surface area contributed by atoms with Crippen molar-refractivity contribution in [1.82, 2.24) is 0 Å². The molecule has 7 rings (SSSR count). The van der Waals surface area contributed by atoms with Crippen molar-refractivity contribution in [1.29, 1.82) is 0 Å². The zero-order valence-corrected chi connectivity index (χ0v) is 23.9. The zero-order valence-electron chi connectivity index (χ0n) is 23.1. The minimum Gasteiger partial charge on any atom is -0.505 e. The topological polar surface area (TPSA) is 101 Å². The fraction of sp³-hybridized carbons (Fsp3) is 0. The molecule has 0 spiro atoms. The predicted octanol–water partition coefficient (Wildman–Crippen LogP) is 9.69. The van der Waals surface area contributed by atoms with Gasteiger partial charge in [-0.25, -0.2) is 19.4 Å². The van der Waals surface area contributed by atoms with E-state index >= 15 is 0 Å². The van der Waals surface area contributed by atoms with Crippen LogP contribution in [0.3, 0.4) is 0 Å². The molecule has 8 heteroatoms. The van der Waals surface area contributed by atoms with Crippen molar-refractivity contribution in [3.05, 3.63) is 133 Å². The largest absolute Gasteiger partial charge is 0.505 e. The summed E-state index contributed by atoms with van der Waals surface area (Å²) >= 11 is 1.38. The summed E-state index contributed by atoms with van der Waals surface area (Å²) in [5.74, 6) is -0.130. The highest BCUT2D eigenvalue weighted by Crippen LogP contribution is 2.53. The van der Waals surface area contributed by atoms with Gasteiger partial charge in [0.2, 0.25) is 0 Å². The number of anilines is 2. The second-order valence-corrected chi connectivity index (χ2v) is 11.2. The number of phenols is 1. The predicted molar refractivity (Wildman–Crippen MR) is 178 cm³/mol. The van der Waals surface area contributed by atoms with Crippen molar-refractivity contribution in [2.75, 3.05) is 9.80 Å². The molecule has 0 saturated carbocycles. The van der Waals surface area contributed by atoms with Gasteiger partial charge in [0.25, 0.3) is 0 Å². The number of allylic oxidation sites excluding steroid dienone is 4. The van der Waals surface area contributed by atoms with E-state index in [-0.39, 0.29) is 11.4 Å². The van der Waals surface area contributed by atoms with Crippen molar-refractivity contribution in [3.8, 4) is 5.75 Å². The molecule has 0 saturated heterocycles. The normalized spacial score (nSPS) is 14.1. The van der Waals surface area contributed by atoms with E-state index in [1.165, 1.54) is 28.9 Å². The first-order valence-electron chi connectivity index (χ1n) is 13.8. The maximum atomic E-state index is 12.5. The zero-order chi connectivity index (χ0) is 30.4. The van der Waals surface area contributed by atoms with E-state index in [2.05, 4.69) is 0 Å². The Morgan fingerprint density at radius 3 is 1.75 bits per heavy atom. The molecule has 7 nitrogen and oxygen atoms in total. The molecule has 1 aliphatic rings. The number of benzene rings is 6. The summed E-state index contributed by atoms with van der Waals surface area (Å²) in [5, 5.41) is 38.7. The molecule has 0 fully saturated rings. The lowest BCUT2D eigenvalue weighted by Gasteiger charge is -2.20. The third-order valence-corrected chi connectivity index (χ3v) is 8.87. The monoisotopic (exact) mass is 596 g/mol. The minimum atomic E-state index is -1.26. The van der Waals surface area contributed by atoms with Gasteiger partial charge in [0.05, 0.1) is 10.7 Å². The lowest BCUT2D eigenvalue weighted by Crippen LogP contribution is -2.24. The van der Waals surface area contributed by atoms with E-state index in [0.29, 0.717) is 21.5 Å². The molecule has 0 aromatic heterocycles. The molecule has 6 aromatic rings. The number of aromatic hydroxyl groups is 1. The molecule has 2 amide bonds. The van der Waals surface area contributed by atoms with Crippen LogP contribution in [0.2, 0.25) is 0 Å². The average molecular weight is 597 g/mol. The second-order valence-electron chi connectivity index (χ2n) is 10.2. The SMILES string of the molecule is O=C(O)N(/C=C/C=C/C=C1/Sc2c(c3ccccc3c3ccccc23)N1C(=O)O)c1c(O)c2ccccc2c2ccccc12. The number of carboxylic acid groups (broad SMARTS) is 2. The van der Waals surface area contributed by atoms with Crippen LogP contribution in [-0.2, 0) is 0 Å². The molecule has 0 aliphatic carbocycles. The van der Waals surface area contributed by atoms with E-state index in [0.717, 1.165) is 42.1 Å². The van der Waals surface area contributed by atoms with Gasteiger partial charge in [-0.15, -0.1) is 0 Å². The highest BCUT2D eigenvalue weighted by atomic mass is 32.2. The van der Waals surface area contributed by atoms with Crippen LogP contribution in [0.4, 0.5) is 21.0 Å². The van der Waals surface area contributed by atoms with E-state index in [1.54, 1.807) is 42.5 Å². The molecule has 3 N–H and O–H groups in total. The van der Waals surface area contributed by atoms with Crippen molar-refractivity contribution in [2.24, 2.45) is 0 Å². The fourth-order valence-corrected chi connectivity index (χ4v) is 7.10. The Morgan fingerprint density at radius 2 is 1.14 bits per heavy atom. The lowest BCUT2D eigenvalue weighted by molar-refractivity contribution is 0.203. The Morgan fingerprint density at radius 1 is 0.636 bits per heavy atom. The van der Waals surface area contributed by atoms with Crippen molar-refractivity contribution in [2.45, 2.75) is 4.90 Å². The number of hydrogen-bond acceptors (Lipinski definition) is 4. The highest BCUT2D eigenvalue weighted by Gasteiger charge is 2.33. The molecule has 1 heterocycles. The third-order valence-electron chi connectivity index (χ3n) is 7.72. The molecule has 0 unspecified atom stereocenters. The van der Waals surface area contributed by atoms with E-state index < -0.39 is 12.2 Å². The van der Waals surface area contributed by atoms with Crippen molar-refractivity contribution in [3.63, 3.8) is 0 Å². The number of fused-ring (bicyclic) bond motifs is 9. The van der Waals surface area contributed by atoms with Crippen LogP contribution in [-0.4, -0.2) is 27.5 Å². The van der Waals surface area contributed by atoms with Crippen LogP contribution >= 0.6 is 11.8 Å². The smallest absolute Gasteiger partial charge is 0.416 e. The van der Waals surface area contributed by atoms with E-state index in [1.807, 2.05) is 72.8 Å². The number of thioether (sulfide) groups is 1. The molecule has 0 atom stereocenters. The quantitative estimate of drug-likeness (QED) is 0.138. The number of amides is 2. The van der Waals surface area contributed by atoms with Crippen LogP contribution in [0, 0.1) is 0 Å². The summed E-state index contributed by atoms with van der Waals surface area (Å²) in [6, 6.07) is 30.4. The van der Waals surface area contributed by atoms with Gasteiger partial charge in [0, 0.05) is 27.3 Å². The maximum Gasteiger partial charge on any atom is 0.416 e. The number of nitrogens with zero attached hydrogens (tertiary/aromatic N) is 2. The fourth-order valence-electron chi connectivity index (χ4n) is 5.89. The van der Waals surface area contributed by atoms with Gasteiger partial charge >= 0.3 is 12.2 Å². The maximum absolute atomic E-state index is 12.5. The minimum absolute atomic E-state index is 0.130. The van der Waals surface area contributed by atoms with Crippen molar-refractivity contribution < 1.29 is 24.9 Å². The Balaban J connectivity index is 1.26. The van der Waals surface area contributed by atoms with Gasteiger partial charge < -0.3 is 15.3 Å². The number of carbonyl (C=O) groups is 2. The van der Waals surface area contributed by atoms with Gasteiger partial charge in [-0.05, 0) is 39.1 Å². The molecule has 0 bridgehead atoms. The molecule has 0 radical (unpaired) electrons. The Labute approximate surface area is 255 Å². The number of hydrogen-bond donors (Lipinski definition) is 3. The first-order valence-corrected chi connectivity index (χ1v) is 14.6. The van der Waals surface area contributed by atoms with Crippen LogP contribution < -0.4 is 9.80 Å². The van der Waals surface area contributed by atoms with Gasteiger partial charge in [-0.2, -0.15) is 0 Å². The Kier molecular flexibility index (Phi) is 6.68. The second kappa shape index (κ2) is 10.8. The van der Waals surface area contributed by atoms with E-state index in [9.17, 15) is 24.9 Å². The van der Waals surface area contributed by atoms with Gasteiger partial charge in [0.1, 0.15) is 11.4 Å². The Bertz CT molecular complexity index is 2260. The van der Waals surface area contributed by atoms with Gasteiger partial charge in [0.15, 0.2) is 0 Å². The van der Waals surface area contributed by atoms with Crippen LogP contribution in [0.5, 0.6) is 5.75 Å². The van der Waals surface area contributed by atoms with Crippen LogP contribution in [0.15, 0.2) is 137 Å². The summed E-state index contributed by atoms with van der Waals surface area (Å²) in [5.41, 5.74) is 0.787. The van der Waals surface area contributed by atoms with E-state index in [4.69, 9.17) is 0 Å².